The molecule has 0 bridgehead atoms. The normalized spacial score (nSPS) is 23.4. The van der Waals surface area contributed by atoms with Gasteiger partial charge in [-0.1, -0.05) is 36.4 Å². The maximum absolute atomic E-state index is 12.7. The van der Waals surface area contributed by atoms with E-state index in [2.05, 4.69) is 16.9 Å². The van der Waals surface area contributed by atoms with Gasteiger partial charge in [0.2, 0.25) is 0 Å². The summed E-state index contributed by atoms with van der Waals surface area (Å²) in [6.45, 7) is 1.77. The first-order valence-electron chi connectivity index (χ1n) is 12.5. The molecule has 2 aromatic carbocycles. The standard InChI is InChI=1S/C27H36N4O5S/c1-30(2)17-18-31(3)26(32)36-21-13-15-27(16-14-21,20-9-6-5-7-10-20)19-28-25-24-22(35-4)11-8-12-23(24)37(33,34)29-25/h5-12,21H,13-19H2,1-4H3,(H,28,29). The summed E-state index contributed by atoms with van der Waals surface area (Å²) in [5.41, 5.74) is 1.31. The van der Waals surface area contributed by atoms with E-state index in [4.69, 9.17) is 14.5 Å². The van der Waals surface area contributed by atoms with Gasteiger partial charge in [0.25, 0.3) is 10.0 Å². The number of nitrogens with zero attached hydrogens (tertiary/aromatic N) is 3. The fourth-order valence-corrected chi connectivity index (χ4v) is 6.23. The number of carbonyl (C=O) groups excluding carboxylic acids is 1. The lowest BCUT2D eigenvalue weighted by Gasteiger charge is -2.40. The molecule has 1 N–H and O–H groups in total. The summed E-state index contributed by atoms with van der Waals surface area (Å²) in [5.74, 6) is 0.770. The van der Waals surface area contributed by atoms with E-state index >= 15 is 0 Å². The maximum atomic E-state index is 12.7. The lowest BCUT2D eigenvalue weighted by atomic mass is 9.68. The van der Waals surface area contributed by atoms with Crippen LogP contribution in [0.4, 0.5) is 4.79 Å². The van der Waals surface area contributed by atoms with E-state index in [0.717, 1.165) is 24.9 Å². The Kier molecular flexibility index (Phi) is 8.08. The largest absolute Gasteiger partial charge is 0.496 e. The Balaban J connectivity index is 1.53. The number of methoxy groups -OCH3 is 1. The van der Waals surface area contributed by atoms with Crippen LogP contribution in [0, 0.1) is 0 Å². The van der Waals surface area contributed by atoms with Crippen LogP contribution in [0.2, 0.25) is 0 Å². The number of amidine groups is 1. The summed E-state index contributed by atoms with van der Waals surface area (Å²) in [6, 6.07) is 15.1. The zero-order valence-corrected chi connectivity index (χ0v) is 22.8. The Labute approximate surface area is 219 Å². The average Bonchev–Trinajstić information content (AvgIpc) is 3.17. The van der Waals surface area contributed by atoms with E-state index in [1.807, 2.05) is 37.2 Å². The van der Waals surface area contributed by atoms with Crippen molar-refractivity contribution in [1.29, 1.82) is 0 Å². The molecule has 4 rings (SSSR count). The third kappa shape index (κ3) is 5.91. The molecule has 37 heavy (non-hydrogen) atoms. The van der Waals surface area contributed by atoms with Gasteiger partial charge in [0.1, 0.15) is 22.6 Å². The summed E-state index contributed by atoms with van der Waals surface area (Å²) >= 11 is 0. The summed E-state index contributed by atoms with van der Waals surface area (Å²) in [4.78, 5) is 21.2. The molecule has 0 unspecified atom stereocenters. The number of ether oxygens (including phenoxy) is 2. The van der Waals surface area contributed by atoms with Crippen LogP contribution in [-0.2, 0) is 20.2 Å². The van der Waals surface area contributed by atoms with Crippen molar-refractivity contribution in [2.24, 2.45) is 4.99 Å². The Hall–Kier alpha value is -3.11. The van der Waals surface area contributed by atoms with Crippen LogP contribution >= 0.6 is 0 Å². The number of rotatable bonds is 8. The highest BCUT2D eigenvalue weighted by atomic mass is 32.2. The summed E-state index contributed by atoms with van der Waals surface area (Å²) < 4.78 is 39.3. The SMILES string of the molecule is COc1cccc2c1C(=NCC1(c3ccccc3)CCC(OC(=O)N(C)CCN(C)C)CC1)NS2(=O)=O. The van der Waals surface area contributed by atoms with Gasteiger partial charge in [0.05, 0.1) is 19.2 Å². The molecule has 1 aliphatic carbocycles. The Morgan fingerprint density at radius 1 is 1.05 bits per heavy atom. The molecule has 200 valence electrons. The minimum atomic E-state index is -3.69. The van der Waals surface area contributed by atoms with Crippen LogP contribution in [-0.4, -0.2) is 84.1 Å². The Morgan fingerprint density at radius 2 is 1.76 bits per heavy atom. The molecule has 0 spiro atoms. The lowest BCUT2D eigenvalue weighted by Crippen LogP contribution is -2.41. The van der Waals surface area contributed by atoms with E-state index in [-0.39, 0.29) is 22.5 Å². The molecule has 0 radical (unpaired) electrons. The van der Waals surface area contributed by atoms with Crippen LogP contribution in [0.5, 0.6) is 5.75 Å². The van der Waals surface area contributed by atoms with Crippen molar-refractivity contribution in [2.75, 3.05) is 47.9 Å². The van der Waals surface area contributed by atoms with E-state index in [1.165, 1.54) is 7.11 Å². The van der Waals surface area contributed by atoms with Crippen molar-refractivity contribution in [3.05, 3.63) is 59.7 Å². The molecular formula is C27H36N4O5S. The van der Waals surface area contributed by atoms with Crippen molar-refractivity contribution < 1.29 is 22.7 Å². The highest BCUT2D eigenvalue weighted by Gasteiger charge is 2.40. The van der Waals surface area contributed by atoms with E-state index in [0.29, 0.717) is 43.1 Å². The number of aliphatic imine (C=N–C) groups is 1. The molecule has 0 saturated heterocycles. The van der Waals surface area contributed by atoms with Crippen molar-refractivity contribution in [3.8, 4) is 5.75 Å². The molecule has 1 heterocycles. The highest BCUT2D eigenvalue weighted by Crippen LogP contribution is 2.41. The number of benzene rings is 2. The van der Waals surface area contributed by atoms with Crippen molar-refractivity contribution in [3.63, 3.8) is 0 Å². The van der Waals surface area contributed by atoms with Gasteiger partial charge in [0, 0.05) is 25.6 Å². The first kappa shape index (κ1) is 26.9. The van der Waals surface area contributed by atoms with Crippen molar-refractivity contribution >= 4 is 22.0 Å². The number of hydrogen-bond acceptors (Lipinski definition) is 7. The minimum Gasteiger partial charge on any atom is -0.496 e. The van der Waals surface area contributed by atoms with Gasteiger partial charge in [-0.3, -0.25) is 9.71 Å². The third-order valence-corrected chi connectivity index (χ3v) is 8.62. The van der Waals surface area contributed by atoms with Crippen LogP contribution in [0.25, 0.3) is 0 Å². The molecule has 10 heteroatoms. The molecule has 1 amide bonds. The number of fused-ring (bicyclic) bond motifs is 1. The number of likely N-dealkylation sites (N-methyl/N-ethyl adjacent to an activating group) is 2. The number of nitrogens with one attached hydrogen (secondary N) is 1. The Morgan fingerprint density at radius 3 is 2.41 bits per heavy atom. The minimum absolute atomic E-state index is 0.162. The van der Waals surface area contributed by atoms with Gasteiger partial charge in [-0.2, -0.15) is 0 Å². The molecule has 2 aliphatic rings. The Bertz CT molecular complexity index is 1240. The summed E-state index contributed by atoms with van der Waals surface area (Å²) in [5, 5.41) is 0. The van der Waals surface area contributed by atoms with Gasteiger partial charge >= 0.3 is 6.09 Å². The number of carbonyl (C=O) groups is 1. The average molecular weight is 529 g/mol. The quantitative estimate of drug-likeness (QED) is 0.565. The van der Waals surface area contributed by atoms with Crippen LogP contribution in [0.1, 0.15) is 36.8 Å². The van der Waals surface area contributed by atoms with Crippen LogP contribution < -0.4 is 9.46 Å². The van der Waals surface area contributed by atoms with E-state index in [1.54, 1.807) is 30.1 Å². The number of sulfonamides is 1. The number of hydrogen-bond donors (Lipinski definition) is 1. The van der Waals surface area contributed by atoms with Gasteiger partial charge in [0.15, 0.2) is 0 Å². The monoisotopic (exact) mass is 528 g/mol. The molecule has 1 aliphatic heterocycles. The van der Waals surface area contributed by atoms with Gasteiger partial charge in [-0.15, -0.1) is 0 Å². The van der Waals surface area contributed by atoms with Gasteiger partial charge in [-0.05, 0) is 57.5 Å². The third-order valence-electron chi connectivity index (χ3n) is 7.24. The molecule has 0 atom stereocenters. The maximum Gasteiger partial charge on any atom is 0.409 e. The summed E-state index contributed by atoms with van der Waals surface area (Å²) in [7, 11) is 3.52. The van der Waals surface area contributed by atoms with Crippen molar-refractivity contribution in [2.45, 2.75) is 42.1 Å². The van der Waals surface area contributed by atoms with Crippen molar-refractivity contribution in [1.82, 2.24) is 14.5 Å². The molecule has 2 aromatic rings. The predicted molar refractivity (Wildman–Crippen MR) is 143 cm³/mol. The smallest absolute Gasteiger partial charge is 0.409 e. The molecule has 9 nitrogen and oxygen atoms in total. The topological polar surface area (TPSA) is 101 Å². The second-order valence-electron chi connectivity index (χ2n) is 10.1. The first-order chi connectivity index (χ1) is 17.6. The van der Waals surface area contributed by atoms with Crippen LogP contribution in [0.15, 0.2) is 58.4 Å². The highest BCUT2D eigenvalue weighted by molar-refractivity contribution is 7.90. The van der Waals surface area contributed by atoms with E-state index < -0.39 is 10.0 Å². The fourth-order valence-electron chi connectivity index (χ4n) is 4.98. The first-order valence-corrected chi connectivity index (χ1v) is 14.0. The zero-order chi connectivity index (χ0) is 26.6. The predicted octanol–water partition coefficient (Wildman–Crippen LogP) is 3.24. The lowest BCUT2D eigenvalue weighted by molar-refractivity contribution is 0.0373. The summed E-state index contributed by atoms with van der Waals surface area (Å²) in [6.07, 6.45) is 2.47. The second kappa shape index (κ2) is 11.1. The second-order valence-corrected chi connectivity index (χ2v) is 11.7. The molecule has 1 saturated carbocycles. The van der Waals surface area contributed by atoms with E-state index in [9.17, 15) is 13.2 Å². The van der Waals surface area contributed by atoms with Gasteiger partial charge in [-0.25, -0.2) is 13.2 Å². The molecular weight excluding hydrogens is 492 g/mol. The number of amides is 1. The molecule has 0 aromatic heterocycles. The molecule has 1 fully saturated rings. The van der Waals surface area contributed by atoms with Crippen LogP contribution in [0.3, 0.4) is 0 Å². The van der Waals surface area contributed by atoms with Gasteiger partial charge < -0.3 is 19.3 Å². The fraction of sp³-hybridized carbons (Fsp3) is 0.481. The zero-order valence-electron chi connectivity index (χ0n) is 21.9.